The van der Waals surface area contributed by atoms with E-state index in [4.69, 9.17) is 4.74 Å². The van der Waals surface area contributed by atoms with Crippen molar-refractivity contribution in [2.24, 2.45) is 0 Å². The van der Waals surface area contributed by atoms with Crippen LogP contribution >= 0.6 is 0 Å². The van der Waals surface area contributed by atoms with E-state index in [9.17, 15) is 22.0 Å². The summed E-state index contributed by atoms with van der Waals surface area (Å²) in [4.78, 5) is 13.3. The highest BCUT2D eigenvalue weighted by Gasteiger charge is 2.34. The van der Waals surface area contributed by atoms with E-state index >= 15 is 0 Å². The molecule has 148 valence electrons. The molecule has 0 N–H and O–H groups in total. The summed E-state index contributed by atoms with van der Waals surface area (Å²) in [5.74, 6) is -2.10. The molecule has 8 nitrogen and oxygen atoms in total. The van der Waals surface area contributed by atoms with Gasteiger partial charge in [0.15, 0.2) is 9.84 Å². The molecule has 1 aromatic carbocycles. The lowest BCUT2D eigenvalue weighted by Gasteiger charge is -2.18. The number of aromatic nitrogens is 3. The average molecular weight is 410 g/mol. The van der Waals surface area contributed by atoms with Gasteiger partial charge in [-0.3, -0.25) is 4.90 Å². The molecular weight excluding hydrogens is 394 g/mol. The zero-order chi connectivity index (χ0) is 19.9. The van der Waals surface area contributed by atoms with Crippen LogP contribution in [0.25, 0.3) is 5.57 Å². The third-order valence-corrected chi connectivity index (χ3v) is 6.16. The lowest BCUT2D eigenvalue weighted by Crippen LogP contribution is -2.26. The lowest BCUT2D eigenvalue weighted by molar-refractivity contribution is 0.129. The smallest absolute Gasteiger partial charge is 0.414 e. The SMILES string of the molecule is O=C1OC(Cn2ccnn2)CN1c1cc(F)c(C2=CCS(=O)(=O)CC2)c(F)c1. The molecule has 1 atom stereocenters. The fourth-order valence-electron chi connectivity index (χ4n) is 3.29. The maximum Gasteiger partial charge on any atom is 0.414 e. The second-order valence-electron chi connectivity index (χ2n) is 6.62. The maximum atomic E-state index is 14.6. The van der Waals surface area contributed by atoms with Gasteiger partial charge in [-0.25, -0.2) is 26.7 Å². The van der Waals surface area contributed by atoms with Crippen molar-refractivity contribution in [1.29, 1.82) is 0 Å². The number of ether oxygens (including phenoxy) is 1. The van der Waals surface area contributed by atoms with Gasteiger partial charge in [-0.1, -0.05) is 11.3 Å². The molecule has 11 heteroatoms. The number of benzene rings is 1. The molecule has 0 aliphatic carbocycles. The van der Waals surface area contributed by atoms with Gasteiger partial charge in [0.1, 0.15) is 17.7 Å². The first-order valence-electron chi connectivity index (χ1n) is 8.53. The van der Waals surface area contributed by atoms with Gasteiger partial charge in [-0.15, -0.1) is 5.10 Å². The van der Waals surface area contributed by atoms with Gasteiger partial charge in [0.25, 0.3) is 0 Å². The molecule has 0 spiro atoms. The van der Waals surface area contributed by atoms with Crippen molar-refractivity contribution < 1.29 is 26.7 Å². The summed E-state index contributed by atoms with van der Waals surface area (Å²) in [6.45, 7) is 0.379. The predicted molar refractivity (Wildman–Crippen MR) is 95.2 cm³/mol. The van der Waals surface area contributed by atoms with E-state index in [1.165, 1.54) is 17.0 Å². The molecule has 1 unspecified atom stereocenters. The van der Waals surface area contributed by atoms with E-state index in [0.717, 1.165) is 17.0 Å². The normalized spacial score (nSPS) is 21.5. The molecule has 28 heavy (non-hydrogen) atoms. The van der Waals surface area contributed by atoms with Crippen LogP contribution in [0.5, 0.6) is 0 Å². The largest absolute Gasteiger partial charge is 0.442 e. The minimum Gasteiger partial charge on any atom is -0.442 e. The number of sulfone groups is 1. The summed E-state index contributed by atoms with van der Waals surface area (Å²) in [7, 11) is -3.21. The van der Waals surface area contributed by atoms with Crippen LogP contribution < -0.4 is 4.90 Å². The number of hydrogen-bond donors (Lipinski definition) is 0. The molecule has 1 amide bonds. The molecule has 0 bridgehead atoms. The Bertz CT molecular complexity index is 1030. The Morgan fingerprint density at radius 2 is 2.00 bits per heavy atom. The number of rotatable bonds is 4. The summed E-state index contributed by atoms with van der Waals surface area (Å²) >= 11 is 0. The fraction of sp³-hybridized carbons (Fsp3) is 0.353. The first-order chi connectivity index (χ1) is 13.3. The standard InChI is InChI=1S/C17H16F2N4O4S/c18-14-7-12(8-15(19)16(14)11-1-5-28(25,26)6-2-11)23-10-13(27-17(23)24)9-22-4-3-20-21-22/h1,3-4,7-8,13H,2,5-6,9-10H2. The highest BCUT2D eigenvalue weighted by molar-refractivity contribution is 7.91. The highest BCUT2D eigenvalue weighted by Crippen LogP contribution is 2.32. The number of anilines is 1. The van der Waals surface area contributed by atoms with Gasteiger partial charge >= 0.3 is 6.09 Å². The van der Waals surface area contributed by atoms with Crippen molar-refractivity contribution in [3.8, 4) is 0 Å². The Hall–Kier alpha value is -2.82. The molecule has 4 rings (SSSR count). The van der Waals surface area contributed by atoms with Crippen LogP contribution in [0.3, 0.4) is 0 Å². The minimum atomic E-state index is -3.21. The molecule has 1 aromatic heterocycles. The molecule has 1 saturated heterocycles. The van der Waals surface area contributed by atoms with Crippen LogP contribution in [-0.2, 0) is 21.1 Å². The van der Waals surface area contributed by atoms with E-state index in [1.807, 2.05) is 0 Å². The number of allylic oxidation sites excluding steroid dienone is 1. The van der Waals surface area contributed by atoms with Crippen molar-refractivity contribution in [3.63, 3.8) is 0 Å². The lowest BCUT2D eigenvalue weighted by atomic mass is 10.0. The van der Waals surface area contributed by atoms with Crippen LogP contribution in [0.2, 0.25) is 0 Å². The van der Waals surface area contributed by atoms with Crippen molar-refractivity contribution in [3.05, 3.63) is 47.8 Å². The summed E-state index contributed by atoms with van der Waals surface area (Å²) < 4.78 is 59.0. The van der Waals surface area contributed by atoms with Gasteiger partial charge in [0.05, 0.1) is 36.5 Å². The topological polar surface area (TPSA) is 94.4 Å². The number of carbonyl (C=O) groups is 1. The predicted octanol–water partition coefficient (Wildman–Crippen LogP) is 1.78. The number of halogens is 2. The molecule has 0 radical (unpaired) electrons. The third-order valence-electron chi connectivity index (χ3n) is 4.66. The quantitative estimate of drug-likeness (QED) is 0.763. The molecule has 2 aliphatic heterocycles. The van der Waals surface area contributed by atoms with Crippen LogP contribution in [0, 0.1) is 11.6 Å². The number of nitrogens with zero attached hydrogens (tertiary/aromatic N) is 4. The summed E-state index contributed by atoms with van der Waals surface area (Å²) in [6.07, 6.45) is 3.23. The van der Waals surface area contributed by atoms with E-state index in [0.29, 0.717) is 5.57 Å². The van der Waals surface area contributed by atoms with Gasteiger partial charge in [0.2, 0.25) is 0 Å². The van der Waals surface area contributed by atoms with E-state index in [2.05, 4.69) is 10.3 Å². The maximum absolute atomic E-state index is 14.6. The summed E-state index contributed by atoms with van der Waals surface area (Å²) in [5.41, 5.74) is 0.0867. The van der Waals surface area contributed by atoms with E-state index in [1.54, 1.807) is 6.20 Å². The van der Waals surface area contributed by atoms with Gasteiger partial charge in [-0.2, -0.15) is 0 Å². The van der Waals surface area contributed by atoms with Crippen LogP contribution in [0.15, 0.2) is 30.6 Å². The number of cyclic esters (lactones) is 1. The number of carbonyl (C=O) groups excluding carboxylic acids is 1. The zero-order valence-corrected chi connectivity index (χ0v) is 15.4. The number of hydrogen-bond acceptors (Lipinski definition) is 6. The Morgan fingerprint density at radius 3 is 2.61 bits per heavy atom. The van der Waals surface area contributed by atoms with Gasteiger partial charge in [0, 0.05) is 11.8 Å². The van der Waals surface area contributed by atoms with Crippen molar-refractivity contribution >= 4 is 27.2 Å². The Labute approximate surface area is 159 Å². The van der Waals surface area contributed by atoms with Crippen LogP contribution in [0.4, 0.5) is 19.3 Å². The number of amides is 1. The zero-order valence-electron chi connectivity index (χ0n) is 14.6. The minimum absolute atomic E-state index is 0.0360. The monoisotopic (exact) mass is 410 g/mol. The molecule has 1 fully saturated rings. The van der Waals surface area contributed by atoms with Crippen molar-refractivity contribution in [2.75, 3.05) is 23.0 Å². The molecular formula is C17H16F2N4O4S. The summed E-state index contributed by atoms with van der Waals surface area (Å²) in [6, 6.07) is 2.11. The average Bonchev–Trinajstić information content (AvgIpc) is 3.25. The Kier molecular flexibility index (Phi) is 4.61. The first kappa shape index (κ1) is 18.5. The Morgan fingerprint density at radius 1 is 1.25 bits per heavy atom. The molecule has 0 saturated carbocycles. The Balaban J connectivity index is 1.56. The summed E-state index contributed by atoms with van der Waals surface area (Å²) in [5, 5.41) is 7.46. The fourth-order valence-corrected chi connectivity index (χ4v) is 4.45. The van der Waals surface area contributed by atoms with E-state index in [-0.39, 0.29) is 42.3 Å². The van der Waals surface area contributed by atoms with E-state index < -0.39 is 33.7 Å². The second kappa shape index (κ2) is 6.97. The van der Waals surface area contributed by atoms with Crippen LogP contribution in [0.1, 0.15) is 12.0 Å². The van der Waals surface area contributed by atoms with Gasteiger partial charge in [-0.05, 0) is 24.1 Å². The van der Waals surface area contributed by atoms with Crippen molar-refractivity contribution in [2.45, 2.75) is 19.1 Å². The molecule has 2 aliphatic rings. The highest BCUT2D eigenvalue weighted by atomic mass is 32.2. The first-order valence-corrected chi connectivity index (χ1v) is 10.4. The van der Waals surface area contributed by atoms with Crippen molar-refractivity contribution in [1.82, 2.24) is 15.0 Å². The third kappa shape index (κ3) is 3.61. The van der Waals surface area contributed by atoms with Crippen LogP contribution in [-0.4, -0.2) is 53.7 Å². The van der Waals surface area contributed by atoms with Gasteiger partial charge < -0.3 is 4.74 Å². The second-order valence-corrected chi connectivity index (χ2v) is 8.85. The molecule has 3 heterocycles. The molecule has 2 aromatic rings.